The van der Waals surface area contributed by atoms with Crippen LogP contribution in [0, 0.1) is 0 Å². The third kappa shape index (κ3) is 4.33. The Morgan fingerprint density at radius 1 is 1.71 bits per heavy atom. The van der Waals surface area contributed by atoms with Crippen LogP contribution in [0.3, 0.4) is 0 Å². The number of hydrogen-bond donors (Lipinski definition) is 2. The largest absolute Gasteiger partial charge is 0.394 e. The summed E-state index contributed by atoms with van der Waals surface area (Å²) in [4.78, 5) is 26.3. The third-order valence-corrected chi connectivity index (χ3v) is 2.05. The second-order valence-corrected chi connectivity index (χ2v) is 3.43. The molecule has 2 N–H and O–H groups in total. The molecule has 0 saturated heterocycles. The zero-order chi connectivity index (χ0) is 12.7. The van der Waals surface area contributed by atoms with Crippen molar-refractivity contribution in [2.45, 2.75) is 12.6 Å². The first-order valence-corrected chi connectivity index (χ1v) is 5.08. The van der Waals surface area contributed by atoms with Gasteiger partial charge in [-0.25, -0.2) is 9.78 Å². The molecule has 17 heavy (non-hydrogen) atoms. The van der Waals surface area contributed by atoms with Crippen LogP contribution in [0.2, 0.25) is 0 Å². The molecule has 0 aliphatic carbocycles. The van der Waals surface area contributed by atoms with Gasteiger partial charge in [0.15, 0.2) is 0 Å². The zero-order valence-corrected chi connectivity index (χ0v) is 9.50. The van der Waals surface area contributed by atoms with Gasteiger partial charge in [0.1, 0.15) is 6.54 Å². The second kappa shape index (κ2) is 6.77. The molecule has 7 nitrogen and oxygen atoms in total. The number of aliphatic hydroxyl groups excluding tert-OH is 1. The average Bonchev–Trinajstić information content (AvgIpc) is 2.31. The molecule has 1 unspecified atom stereocenters. The van der Waals surface area contributed by atoms with Gasteiger partial charge in [0.25, 0.3) is 0 Å². The number of ether oxygens (including phenoxy) is 1. The van der Waals surface area contributed by atoms with Crippen LogP contribution < -0.4 is 11.0 Å². The van der Waals surface area contributed by atoms with Gasteiger partial charge in [0, 0.05) is 19.5 Å². The number of nitrogens with one attached hydrogen (secondary N) is 1. The minimum Gasteiger partial charge on any atom is -0.394 e. The number of nitrogens with zero attached hydrogens (tertiary/aromatic N) is 2. The first kappa shape index (κ1) is 13.3. The van der Waals surface area contributed by atoms with E-state index in [-0.39, 0.29) is 25.7 Å². The van der Waals surface area contributed by atoms with Gasteiger partial charge < -0.3 is 15.2 Å². The smallest absolute Gasteiger partial charge is 0.347 e. The number of methoxy groups -OCH3 is 1. The predicted octanol–water partition coefficient (Wildman–Crippen LogP) is -1.63. The van der Waals surface area contributed by atoms with E-state index in [1.807, 2.05) is 0 Å². The van der Waals surface area contributed by atoms with Crippen LogP contribution in [0.25, 0.3) is 0 Å². The summed E-state index contributed by atoms with van der Waals surface area (Å²) in [5, 5.41) is 11.5. The summed E-state index contributed by atoms with van der Waals surface area (Å²) in [6.07, 6.45) is 2.83. The van der Waals surface area contributed by atoms with Crippen LogP contribution in [0.15, 0.2) is 23.3 Å². The molecule has 0 radical (unpaired) electrons. The molecule has 0 saturated carbocycles. The summed E-state index contributed by atoms with van der Waals surface area (Å²) in [7, 11) is 1.47. The molecule has 1 heterocycles. The van der Waals surface area contributed by atoms with E-state index in [0.29, 0.717) is 0 Å². The topological polar surface area (TPSA) is 93.4 Å². The van der Waals surface area contributed by atoms with E-state index in [1.54, 1.807) is 6.07 Å². The van der Waals surface area contributed by atoms with Crippen molar-refractivity contribution in [2.24, 2.45) is 0 Å². The fourth-order valence-electron chi connectivity index (χ4n) is 1.28. The maximum absolute atomic E-state index is 11.5. The van der Waals surface area contributed by atoms with Crippen molar-refractivity contribution >= 4 is 5.91 Å². The van der Waals surface area contributed by atoms with Gasteiger partial charge >= 0.3 is 5.69 Å². The standard InChI is InChI=1S/C10H15N3O4/c1-17-7-8(6-14)12-9(15)5-13-4-2-3-11-10(13)16/h2-4,8,14H,5-7H2,1H3,(H,12,15). The van der Waals surface area contributed by atoms with E-state index in [0.717, 1.165) is 0 Å². The van der Waals surface area contributed by atoms with E-state index in [1.165, 1.54) is 24.1 Å². The van der Waals surface area contributed by atoms with Gasteiger partial charge in [-0.05, 0) is 6.07 Å². The molecule has 1 rings (SSSR count). The lowest BCUT2D eigenvalue weighted by Crippen LogP contribution is -2.43. The molecule has 0 aliphatic heterocycles. The van der Waals surface area contributed by atoms with Gasteiger partial charge in [0.05, 0.1) is 19.3 Å². The monoisotopic (exact) mass is 241 g/mol. The SMILES string of the molecule is COCC(CO)NC(=O)Cn1cccnc1=O. The molecule has 0 aromatic carbocycles. The van der Waals surface area contributed by atoms with Gasteiger partial charge in [-0.2, -0.15) is 0 Å². The maximum Gasteiger partial charge on any atom is 0.347 e. The van der Waals surface area contributed by atoms with Gasteiger partial charge in [-0.1, -0.05) is 0 Å². The van der Waals surface area contributed by atoms with Crippen LogP contribution in [-0.4, -0.2) is 46.9 Å². The van der Waals surface area contributed by atoms with E-state index in [2.05, 4.69) is 10.3 Å². The Balaban J connectivity index is 2.55. The van der Waals surface area contributed by atoms with Crippen LogP contribution in [0.1, 0.15) is 0 Å². The highest BCUT2D eigenvalue weighted by atomic mass is 16.5. The van der Waals surface area contributed by atoms with E-state index >= 15 is 0 Å². The summed E-state index contributed by atoms with van der Waals surface area (Å²) in [6, 6.07) is 1.09. The van der Waals surface area contributed by atoms with Crippen LogP contribution >= 0.6 is 0 Å². The lowest BCUT2D eigenvalue weighted by atomic mass is 10.3. The highest BCUT2D eigenvalue weighted by Crippen LogP contribution is 1.86. The van der Waals surface area contributed by atoms with Crippen LogP contribution in [0.5, 0.6) is 0 Å². The number of rotatable bonds is 6. The second-order valence-electron chi connectivity index (χ2n) is 3.43. The molecular weight excluding hydrogens is 226 g/mol. The lowest BCUT2D eigenvalue weighted by molar-refractivity contribution is -0.123. The van der Waals surface area contributed by atoms with E-state index < -0.39 is 11.7 Å². The Hall–Kier alpha value is -1.73. The lowest BCUT2D eigenvalue weighted by Gasteiger charge is -2.15. The molecular formula is C10H15N3O4. The molecule has 0 fully saturated rings. The zero-order valence-electron chi connectivity index (χ0n) is 9.50. The summed E-state index contributed by atoms with van der Waals surface area (Å²) in [5.41, 5.74) is -0.491. The van der Waals surface area contributed by atoms with Crippen molar-refractivity contribution in [2.75, 3.05) is 20.3 Å². The number of carbonyl (C=O) groups is 1. The first-order valence-electron chi connectivity index (χ1n) is 5.08. The predicted molar refractivity (Wildman–Crippen MR) is 59.4 cm³/mol. The number of aromatic nitrogens is 2. The fraction of sp³-hybridized carbons (Fsp3) is 0.500. The van der Waals surface area contributed by atoms with Crippen LogP contribution in [0.4, 0.5) is 0 Å². The van der Waals surface area contributed by atoms with Crippen molar-refractivity contribution < 1.29 is 14.6 Å². The highest BCUT2D eigenvalue weighted by molar-refractivity contribution is 5.76. The Morgan fingerprint density at radius 2 is 2.47 bits per heavy atom. The summed E-state index contributed by atoms with van der Waals surface area (Å²) >= 11 is 0. The molecule has 0 bridgehead atoms. The van der Waals surface area contributed by atoms with Gasteiger partial charge in [-0.15, -0.1) is 0 Å². The molecule has 1 aromatic rings. The molecule has 0 aliphatic rings. The van der Waals surface area contributed by atoms with E-state index in [9.17, 15) is 9.59 Å². The van der Waals surface area contributed by atoms with Crippen molar-refractivity contribution in [1.29, 1.82) is 0 Å². The summed E-state index contributed by atoms with van der Waals surface area (Å²) in [5.74, 6) is -0.379. The quantitative estimate of drug-likeness (QED) is 0.623. The Bertz CT molecular complexity index is 418. The molecule has 94 valence electrons. The molecule has 0 spiro atoms. The van der Waals surface area contributed by atoms with Gasteiger partial charge in [0.2, 0.25) is 5.91 Å². The Morgan fingerprint density at radius 3 is 3.06 bits per heavy atom. The molecule has 1 amide bonds. The average molecular weight is 241 g/mol. The number of hydrogen-bond acceptors (Lipinski definition) is 5. The molecule has 1 atom stereocenters. The molecule has 1 aromatic heterocycles. The fourth-order valence-corrected chi connectivity index (χ4v) is 1.28. The van der Waals surface area contributed by atoms with Crippen molar-refractivity contribution in [3.05, 3.63) is 28.9 Å². The van der Waals surface area contributed by atoms with Crippen molar-refractivity contribution in [1.82, 2.24) is 14.9 Å². The summed E-state index contributed by atoms with van der Waals surface area (Å²) < 4.78 is 5.99. The third-order valence-electron chi connectivity index (χ3n) is 2.05. The minimum atomic E-state index is -0.491. The maximum atomic E-state index is 11.5. The number of carbonyl (C=O) groups excluding carboxylic acids is 1. The minimum absolute atomic E-state index is 0.132. The Kier molecular flexibility index (Phi) is 5.31. The number of aliphatic hydroxyl groups is 1. The summed E-state index contributed by atoms with van der Waals surface area (Å²) in [6.45, 7) is -0.140. The first-order chi connectivity index (χ1) is 8.17. The van der Waals surface area contributed by atoms with E-state index in [4.69, 9.17) is 9.84 Å². The van der Waals surface area contributed by atoms with Crippen molar-refractivity contribution in [3.8, 4) is 0 Å². The normalized spacial score (nSPS) is 12.1. The van der Waals surface area contributed by atoms with Crippen molar-refractivity contribution in [3.63, 3.8) is 0 Å². The molecule has 7 heteroatoms. The highest BCUT2D eigenvalue weighted by Gasteiger charge is 2.11. The van der Waals surface area contributed by atoms with Gasteiger partial charge in [-0.3, -0.25) is 9.36 Å². The van der Waals surface area contributed by atoms with Crippen LogP contribution in [-0.2, 0) is 16.1 Å². The number of amides is 1. The Labute approximate surface area is 98.1 Å².